The molecule has 1 aromatic heterocycles. The van der Waals surface area contributed by atoms with E-state index in [1.54, 1.807) is 18.2 Å². The van der Waals surface area contributed by atoms with E-state index >= 15 is 0 Å². The van der Waals surface area contributed by atoms with Crippen LogP contribution >= 0.6 is 0 Å². The highest BCUT2D eigenvalue weighted by atomic mass is 19.4. The second kappa shape index (κ2) is 5.51. The van der Waals surface area contributed by atoms with Gasteiger partial charge in [0.15, 0.2) is 0 Å². The maximum absolute atomic E-state index is 12.8. The Balaban J connectivity index is 2.73. The van der Waals surface area contributed by atoms with Crippen molar-refractivity contribution < 1.29 is 22.6 Å². The summed E-state index contributed by atoms with van der Waals surface area (Å²) < 4.78 is 48.7. The number of pyridine rings is 1. The second-order valence-corrected chi connectivity index (χ2v) is 4.18. The number of hydrogen-bond donors (Lipinski definition) is 1. The van der Waals surface area contributed by atoms with Crippen molar-refractivity contribution in [1.82, 2.24) is 4.98 Å². The fourth-order valence-electron chi connectivity index (χ4n) is 1.96. The molecule has 0 amide bonds. The average molecular weight is 299 g/mol. The Morgan fingerprint density at radius 1 is 1.05 bits per heavy atom. The van der Waals surface area contributed by atoms with Crippen molar-refractivity contribution in [3.8, 4) is 22.8 Å². The highest BCUT2D eigenvalue weighted by Crippen LogP contribution is 2.38. The van der Waals surface area contributed by atoms with Gasteiger partial charge < -0.3 is 14.5 Å². The number of alkyl halides is 3. The molecular formula is C14H12F3NO3. The third-order valence-corrected chi connectivity index (χ3v) is 2.87. The summed E-state index contributed by atoms with van der Waals surface area (Å²) in [4.78, 5) is 13.9. The van der Waals surface area contributed by atoms with Crippen molar-refractivity contribution in [3.63, 3.8) is 0 Å². The molecule has 112 valence electrons. The fourth-order valence-corrected chi connectivity index (χ4v) is 1.96. The van der Waals surface area contributed by atoms with Gasteiger partial charge in [-0.1, -0.05) is 6.07 Å². The molecule has 0 radical (unpaired) electrons. The molecule has 0 saturated heterocycles. The summed E-state index contributed by atoms with van der Waals surface area (Å²) in [6.45, 7) is 0. The van der Waals surface area contributed by atoms with Gasteiger partial charge in [0.05, 0.1) is 31.0 Å². The van der Waals surface area contributed by atoms with Crippen LogP contribution in [0.1, 0.15) is 5.56 Å². The SMILES string of the molecule is COc1cccc(OC)c1-c1cc(C(F)(F)F)cc(=O)[nH]1. The molecule has 0 saturated carbocycles. The van der Waals surface area contributed by atoms with Crippen LogP contribution in [0.15, 0.2) is 35.1 Å². The van der Waals surface area contributed by atoms with Crippen LogP contribution in [0.3, 0.4) is 0 Å². The standard InChI is InChI=1S/C14H12F3NO3/c1-20-10-4-3-5-11(21-2)13(10)9-6-8(14(15,16)17)7-12(19)18-9/h3-7H,1-2H3,(H,18,19). The Hall–Kier alpha value is -2.44. The molecule has 0 aliphatic rings. The summed E-state index contributed by atoms with van der Waals surface area (Å²) in [5.74, 6) is 0.591. The fraction of sp³-hybridized carbons (Fsp3) is 0.214. The van der Waals surface area contributed by atoms with Gasteiger partial charge in [-0.25, -0.2) is 0 Å². The smallest absolute Gasteiger partial charge is 0.416 e. The molecule has 1 heterocycles. The number of ether oxygens (including phenoxy) is 2. The molecule has 1 N–H and O–H groups in total. The number of aromatic amines is 1. The molecule has 0 fully saturated rings. The van der Waals surface area contributed by atoms with Crippen LogP contribution < -0.4 is 15.0 Å². The monoisotopic (exact) mass is 299 g/mol. The number of rotatable bonds is 3. The van der Waals surface area contributed by atoms with E-state index in [4.69, 9.17) is 9.47 Å². The van der Waals surface area contributed by atoms with Gasteiger partial charge in [-0.2, -0.15) is 13.2 Å². The van der Waals surface area contributed by atoms with Gasteiger partial charge in [0.2, 0.25) is 5.56 Å². The van der Waals surface area contributed by atoms with E-state index in [1.807, 2.05) is 0 Å². The Morgan fingerprint density at radius 2 is 1.62 bits per heavy atom. The molecule has 21 heavy (non-hydrogen) atoms. The first-order valence-electron chi connectivity index (χ1n) is 5.89. The quantitative estimate of drug-likeness (QED) is 0.947. The van der Waals surface area contributed by atoms with Crippen molar-refractivity contribution in [2.75, 3.05) is 14.2 Å². The van der Waals surface area contributed by atoms with Crippen molar-refractivity contribution in [2.24, 2.45) is 0 Å². The third kappa shape index (κ3) is 3.01. The third-order valence-electron chi connectivity index (χ3n) is 2.87. The largest absolute Gasteiger partial charge is 0.496 e. The highest BCUT2D eigenvalue weighted by Gasteiger charge is 2.32. The Kier molecular flexibility index (Phi) is 3.93. The number of aromatic nitrogens is 1. The van der Waals surface area contributed by atoms with Crippen LogP contribution in [0.5, 0.6) is 11.5 Å². The maximum Gasteiger partial charge on any atom is 0.416 e. The molecule has 2 rings (SSSR count). The Morgan fingerprint density at radius 3 is 2.10 bits per heavy atom. The molecule has 1 aromatic carbocycles. The van der Waals surface area contributed by atoms with Crippen LogP contribution in [0, 0.1) is 0 Å². The van der Waals surface area contributed by atoms with Gasteiger partial charge in [0, 0.05) is 6.07 Å². The lowest BCUT2D eigenvalue weighted by Gasteiger charge is -2.14. The van der Waals surface area contributed by atoms with E-state index in [0.29, 0.717) is 17.6 Å². The number of benzene rings is 1. The molecule has 7 heteroatoms. The topological polar surface area (TPSA) is 51.3 Å². The molecule has 0 aliphatic heterocycles. The number of nitrogens with one attached hydrogen (secondary N) is 1. The van der Waals surface area contributed by atoms with E-state index in [-0.39, 0.29) is 11.3 Å². The first kappa shape index (κ1) is 15.0. The molecular weight excluding hydrogens is 287 g/mol. The van der Waals surface area contributed by atoms with Crippen LogP contribution in [0.25, 0.3) is 11.3 Å². The summed E-state index contributed by atoms with van der Waals surface area (Å²) >= 11 is 0. The lowest BCUT2D eigenvalue weighted by atomic mass is 10.1. The van der Waals surface area contributed by atoms with E-state index in [2.05, 4.69) is 4.98 Å². The van der Waals surface area contributed by atoms with Gasteiger partial charge in [0.1, 0.15) is 11.5 Å². The van der Waals surface area contributed by atoms with Crippen molar-refractivity contribution in [3.05, 3.63) is 46.2 Å². The minimum atomic E-state index is -4.61. The zero-order valence-corrected chi connectivity index (χ0v) is 11.2. The van der Waals surface area contributed by atoms with Crippen molar-refractivity contribution >= 4 is 0 Å². The zero-order valence-electron chi connectivity index (χ0n) is 11.2. The second-order valence-electron chi connectivity index (χ2n) is 4.18. The number of halogens is 3. The van der Waals surface area contributed by atoms with Gasteiger partial charge in [-0.3, -0.25) is 4.79 Å². The van der Waals surface area contributed by atoms with E-state index in [9.17, 15) is 18.0 Å². The zero-order chi connectivity index (χ0) is 15.6. The molecule has 0 spiro atoms. The summed E-state index contributed by atoms with van der Waals surface area (Å²) in [6, 6.07) is 6.12. The van der Waals surface area contributed by atoms with Crippen LogP contribution in [0.4, 0.5) is 13.2 Å². The molecule has 0 bridgehead atoms. The van der Waals surface area contributed by atoms with Crippen molar-refractivity contribution in [2.45, 2.75) is 6.18 Å². The summed E-state index contributed by atoms with van der Waals surface area (Å²) in [5, 5.41) is 0. The normalized spacial score (nSPS) is 11.3. The Bertz CT molecular complexity index is 685. The maximum atomic E-state index is 12.8. The number of methoxy groups -OCH3 is 2. The highest BCUT2D eigenvalue weighted by molar-refractivity contribution is 5.74. The Labute approximate surface area is 118 Å². The summed E-state index contributed by atoms with van der Waals surface area (Å²) in [7, 11) is 2.76. The first-order chi connectivity index (χ1) is 9.86. The van der Waals surface area contributed by atoms with Gasteiger partial charge >= 0.3 is 6.18 Å². The minimum absolute atomic E-state index is 0.0240. The predicted octanol–water partition coefficient (Wildman–Crippen LogP) is 3.08. The van der Waals surface area contributed by atoms with Gasteiger partial charge in [-0.15, -0.1) is 0 Å². The summed E-state index contributed by atoms with van der Waals surface area (Å²) in [6.07, 6.45) is -4.61. The van der Waals surface area contributed by atoms with Gasteiger partial charge in [0.25, 0.3) is 0 Å². The number of H-pyrrole nitrogens is 1. The molecule has 4 nitrogen and oxygen atoms in total. The average Bonchev–Trinajstić information content (AvgIpc) is 2.44. The molecule has 0 atom stereocenters. The van der Waals surface area contributed by atoms with Crippen LogP contribution in [-0.4, -0.2) is 19.2 Å². The minimum Gasteiger partial charge on any atom is -0.496 e. The molecule has 0 unspecified atom stereocenters. The van der Waals surface area contributed by atoms with Gasteiger partial charge in [-0.05, 0) is 18.2 Å². The van der Waals surface area contributed by atoms with E-state index in [0.717, 1.165) is 6.07 Å². The predicted molar refractivity (Wildman–Crippen MR) is 70.6 cm³/mol. The molecule has 2 aromatic rings. The lowest BCUT2D eigenvalue weighted by molar-refractivity contribution is -0.137. The first-order valence-corrected chi connectivity index (χ1v) is 5.89. The number of hydrogen-bond acceptors (Lipinski definition) is 3. The van der Waals surface area contributed by atoms with Crippen LogP contribution in [0.2, 0.25) is 0 Å². The van der Waals surface area contributed by atoms with E-state index in [1.165, 1.54) is 14.2 Å². The summed E-state index contributed by atoms with van der Waals surface area (Å²) in [5.41, 5.74) is -1.66. The van der Waals surface area contributed by atoms with Crippen LogP contribution in [-0.2, 0) is 6.18 Å². The molecule has 0 aliphatic carbocycles. The lowest BCUT2D eigenvalue weighted by Crippen LogP contribution is -2.14. The van der Waals surface area contributed by atoms with E-state index < -0.39 is 17.3 Å². The van der Waals surface area contributed by atoms with Crippen molar-refractivity contribution in [1.29, 1.82) is 0 Å².